The molecule has 2 aromatic rings. The molecule has 2 rings (SSSR count). The minimum Gasteiger partial charge on any atom is -0.494 e. The summed E-state index contributed by atoms with van der Waals surface area (Å²) in [6, 6.07) is 13.0. The molecule has 0 aliphatic rings. The third kappa shape index (κ3) is 3.72. The van der Waals surface area contributed by atoms with Gasteiger partial charge in [0.15, 0.2) is 0 Å². The van der Waals surface area contributed by atoms with Crippen LogP contribution in [0.25, 0.3) is 0 Å². The predicted octanol–water partition coefficient (Wildman–Crippen LogP) is 4.13. The average Bonchev–Trinajstić information content (AvgIpc) is 2.42. The van der Waals surface area contributed by atoms with Gasteiger partial charge in [0.1, 0.15) is 17.2 Å². The molecule has 3 nitrogen and oxygen atoms in total. The quantitative estimate of drug-likeness (QED) is 0.899. The van der Waals surface area contributed by atoms with Crippen LogP contribution in [0.3, 0.4) is 0 Å². The van der Waals surface area contributed by atoms with E-state index in [9.17, 15) is 0 Å². The number of hydrogen-bond donors (Lipinski definition) is 1. The summed E-state index contributed by atoms with van der Waals surface area (Å²) in [4.78, 5) is 0. The van der Waals surface area contributed by atoms with Gasteiger partial charge in [0.2, 0.25) is 0 Å². The second-order valence-electron chi connectivity index (χ2n) is 3.92. The fourth-order valence-corrected chi connectivity index (χ4v) is 2.11. The van der Waals surface area contributed by atoms with Gasteiger partial charge < -0.3 is 14.6 Å². The Hall–Kier alpha value is -1.52. The first kappa shape index (κ1) is 13.9. The molecule has 0 amide bonds. The summed E-state index contributed by atoms with van der Waals surface area (Å²) in [5.41, 5.74) is 0.832. The number of aliphatic hydroxyl groups is 1. The first-order valence-electron chi connectivity index (χ1n) is 6.03. The number of halogens is 1. The van der Waals surface area contributed by atoms with Gasteiger partial charge in [-0.05, 0) is 48.9 Å². The monoisotopic (exact) mass is 322 g/mol. The molecule has 0 aliphatic carbocycles. The number of rotatable bonds is 5. The molecule has 0 aliphatic heterocycles. The first-order chi connectivity index (χ1) is 9.22. The maximum absolute atomic E-state index is 9.10. The Morgan fingerprint density at radius 2 is 1.63 bits per heavy atom. The molecule has 0 saturated carbocycles. The van der Waals surface area contributed by atoms with Crippen molar-refractivity contribution >= 4 is 15.9 Å². The van der Waals surface area contributed by atoms with Gasteiger partial charge in [-0.15, -0.1) is 0 Å². The molecule has 0 saturated heterocycles. The Kier molecular flexibility index (Phi) is 4.82. The smallest absolute Gasteiger partial charge is 0.128 e. The molecular formula is C15H15BrO3. The van der Waals surface area contributed by atoms with E-state index in [4.69, 9.17) is 14.6 Å². The van der Waals surface area contributed by atoms with Crippen molar-refractivity contribution in [1.29, 1.82) is 0 Å². The number of benzene rings is 2. The van der Waals surface area contributed by atoms with E-state index in [1.165, 1.54) is 0 Å². The van der Waals surface area contributed by atoms with Gasteiger partial charge in [-0.3, -0.25) is 0 Å². The Balaban J connectivity index is 2.10. The molecule has 1 N–H and O–H groups in total. The van der Waals surface area contributed by atoms with Crippen molar-refractivity contribution in [2.45, 2.75) is 13.5 Å². The lowest BCUT2D eigenvalue weighted by Gasteiger charge is -2.09. The third-order valence-corrected chi connectivity index (χ3v) is 3.30. The number of aliphatic hydroxyl groups excluding tert-OH is 1. The fraction of sp³-hybridized carbons (Fsp3) is 0.200. The second-order valence-corrected chi connectivity index (χ2v) is 4.77. The normalized spacial score (nSPS) is 10.3. The zero-order valence-corrected chi connectivity index (χ0v) is 12.2. The molecule has 4 heteroatoms. The van der Waals surface area contributed by atoms with Crippen LogP contribution in [-0.2, 0) is 6.61 Å². The number of hydrogen-bond acceptors (Lipinski definition) is 3. The standard InChI is InChI=1S/C15H15BrO3/c1-2-18-12-5-7-13(8-6-12)19-14-4-3-11(10-17)15(16)9-14/h3-9,17H,2,10H2,1H3. The topological polar surface area (TPSA) is 38.7 Å². The lowest BCUT2D eigenvalue weighted by atomic mass is 10.2. The zero-order valence-electron chi connectivity index (χ0n) is 10.6. The van der Waals surface area contributed by atoms with E-state index in [0.29, 0.717) is 12.4 Å². The second kappa shape index (κ2) is 6.59. The van der Waals surface area contributed by atoms with E-state index in [0.717, 1.165) is 21.5 Å². The van der Waals surface area contributed by atoms with E-state index >= 15 is 0 Å². The van der Waals surface area contributed by atoms with E-state index in [1.807, 2.05) is 49.4 Å². The van der Waals surface area contributed by atoms with Gasteiger partial charge >= 0.3 is 0 Å². The highest BCUT2D eigenvalue weighted by Gasteiger charge is 2.03. The van der Waals surface area contributed by atoms with Crippen molar-refractivity contribution in [1.82, 2.24) is 0 Å². The summed E-state index contributed by atoms with van der Waals surface area (Å²) in [5, 5.41) is 9.10. The van der Waals surface area contributed by atoms with Gasteiger partial charge in [0.25, 0.3) is 0 Å². The van der Waals surface area contributed by atoms with Crippen molar-refractivity contribution in [3.8, 4) is 17.2 Å². The molecule has 0 fully saturated rings. The van der Waals surface area contributed by atoms with Crippen LogP contribution in [0.15, 0.2) is 46.9 Å². The van der Waals surface area contributed by atoms with E-state index in [1.54, 1.807) is 0 Å². The van der Waals surface area contributed by atoms with Crippen LogP contribution in [0.1, 0.15) is 12.5 Å². The van der Waals surface area contributed by atoms with Crippen LogP contribution >= 0.6 is 15.9 Å². The van der Waals surface area contributed by atoms with Crippen LogP contribution in [-0.4, -0.2) is 11.7 Å². The van der Waals surface area contributed by atoms with E-state index in [-0.39, 0.29) is 6.61 Å². The molecule has 0 atom stereocenters. The molecule has 19 heavy (non-hydrogen) atoms. The molecule has 0 unspecified atom stereocenters. The van der Waals surface area contributed by atoms with Crippen LogP contribution in [0.2, 0.25) is 0 Å². The summed E-state index contributed by atoms with van der Waals surface area (Å²) in [6.45, 7) is 2.60. The lowest BCUT2D eigenvalue weighted by molar-refractivity contribution is 0.281. The third-order valence-electron chi connectivity index (χ3n) is 2.57. The minimum atomic E-state index is 0.00389. The van der Waals surface area contributed by atoms with Crippen molar-refractivity contribution in [2.75, 3.05) is 6.61 Å². The van der Waals surface area contributed by atoms with Crippen LogP contribution < -0.4 is 9.47 Å². The zero-order chi connectivity index (χ0) is 13.7. The maximum atomic E-state index is 9.10. The van der Waals surface area contributed by atoms with Crippen LogP contribution in [0, 0.1) is 0 Å². The summed E-state index contributed by atoms with van der Waals surface area (Å²) < 4.78 is 11.9. The molecule has 0 bridgehead atoms. The van der Waals surface area contributed by atoms with Gasteiger partial charge in [-0.2, -0.15) is 0 Å². The van der Waals surface area contributed by atoms with Crippen molar-refractivity contribution in [3.05, 3.63) is 52.5 Å². The SMILES string of the molecule is CCOc1ccc(Oc2ccc(CO)c(Br)c2)cc1. The molecule has 2 aromatic carbocycles. The first-order valence-corrected chi connectivity index (χ1v) is 6.82. The van der Waals surface area contributed by atoms with Gasteiger partial charge in [-0.25, -0.2) is 0 Å². The van der Waals surface area contributed by atoms with Gasteiger partial charge in [0.05, 0.1) is 13.2 Å². The highest BCUT2D eigenvalue weighted by molar-refractivity contribution is 9.10. The van der Waals surface area contributed by atoms with Crippen LogP contribution in [0.5, 0.6) is 17.2 Å². The Bertz CT molecular complexity index is 538. The van der Waals surface area contributed by atoms with Gasteiger partial charge in [0, 0.05) is 4.47 Å². The summed E-state index contributed by atoms with van der Waals surface area (Å²) in [7, 11) is 0. The molecule has 0 spiro atoms. The largest absolute Gasteiger partial charge is 0.494 e. The summed E-state index contributed by atoms with van der Waals surface area (Å²) >= 11 is 3.39. The van der Waals surface area contributed by atoms with Crippen molar-refractivity contribution in [3.63, 3.8) is 0 Å². The number of ether oxygens (including phenoxy) is 2. The van der Waals surface area contributed by atoms with E-state index in [2.05, 4.69) is 15.9 Å². The average molecular weight is 323 g/mol. The fourth-order valence-electron chi connectivity index (χ4n) is 1.63. The predicted molar refractivity (Wildman–Crippen MR) is 77.7 cm³/mol. The molecule has 0 heterocycles. The summed E-state index contributed by atoms with van der Waals surface area (Å²) in [5.74, 6) is 2.28. The maximum Gasteiger partial charge on any atom is 0.128 e. The van der Waals surface area contributed by atoms with E-state index < -0.39 is 0 Å². The van der Waals surface area contributed by atoms with Crippen molar-refractivity contribution in [2.24, 2.45) is 0 Å². The molecule has 0 radical (unpaired) electrons. The highest BCUT2D eigenvalue weighted by Crippen LogP contribution is 2.28. The molecular weight excluding hydrogens is 308 g/mol. The highest BCUT2D eigenvalue weighted by atomic mass is 79.9. The Morgan fingerprint density at radius 3 is 2.21 bits per heavy atom. The Labute approximate surface area is 120 Å². The van der Waals surface area contributed by atoms with Gasteiger partial charge in [-0.1, -0.05) is 22.0 Å². The Morgan fingerprint density at radius 1 is 1.00 bits per heavy atom. The summed E-state index contributed by atoms with van der Waals surface area (Å²) in [6.07, 6.45) is 0. The lowest BCUT2D eigenvalue weighted by Crippen LogP contribution is -1.91. The minimum absolute atomic E-state index is 0.00389. The molecule has 100 valence electrons. The van der Waals surface area contributed by atoms with Crippen molar-refractivity contribution < 1.29 is 14.6 Å². The molecule has 0 aromatic heterocycles. The van der Waals surface area contributed by atoms with Crippen LogP contribution in [0.4, 0.5) is 0 Å².